The molecule has 2 aromatic heterocycles. The second kappa shape index (κ2) is 7.52. The number of methoxy groups -OCH3 is 2. The molecule has 0 atom stereocenters. The van der Waals surface area contributed by atoms with Gasteiger partial charge in [-0.05, 0) is 18.6 Å². The summed E-state index contributed by atoms with van der Waals surface area (Å²) in [5.41, 5.74) is 2.87. The van der Waals surface area contributed by atoms with Crippen LogP contribution in [0, 0.1) is 6.92 Å². The molecule has 0 N–H and O–H groups in total. The van der Waals surface area contributed by atoms with E-state index >= 15 is 0 Å². The first kappa shape index (κ1) is 15.9. The van der Waals surface area contributed by atoms with Crippen molar-refractivity contribution < 1.29 is 9.47 Å². The van der Waals surface area contributed by atoms with Crippen LogP contribution in [0.15, 0.2) is 29.4 Å². The Hall–Kier alpha value is -1.46. The Kier molecular flexibility index (Phi) is 5.70. The van der Waals surface area contributed by atoms with Crippen LogP contribution in [0.4, 0.5) is 0 Å². The summed E-state index contributed by atoms with van der Waals surface area (Å²) in [7, 11) is 3.24. The molecule has 0 radical (unpaired) electrons. The van der Waals surface area contributed by atoms with Crippen molar-refractivity contribution >= 4 is 23.4 Å². The van der Waals surface area contributed by atoms with Gasteiger partial charge in [0.15, 0.2) is 11.5 Å². The van der Waals surface area contributed by atoms with Crippen LogP contribution in [0.1, 0.15) is 17.0 Å². The number of thioether (sulfide) groups is 1. The average Bonchev–Trinajstić information content (AvgIpc) is 2.53. The minimum atomic E-state index is 0.418. The van der Waals surface area contributed by atoms with Crippen LogP contribution in [-0.2, 0) is 11.6 Å². The minimum Gasteiger partial charge on any atom is -0.493 e. The van der Waals surface area contributed by atoms with Crippen LogP contribution in [-0.4, -0.2) is 24.2 Å². The highest BCUT2D eigenvalue weighted by molar-refractivity contribution is 7.98. The SMILES string of the molecule is COc1ccnc(CSc2ccnc(CCl)c2C)c1OC. The van der Waals surface area contributed by atoms with Gasteiger partial charge >= 0.3 is 0 Å². The van der Waals surface area contributed by atoms with Gasteiger partial charge in [0.25, 0.3) is 0 Å². The van der Waals surface area contributed by atoms with Gasteiger partial charge in [0.05, 0.1) is 31.5 Å². The molecule has 6 heteroatoms. The molecule has 0 aliphatic rings. The molecular formula is C15H17ClN2O2S. The first-order chi connectivity index (χ1) is 10.2. The molecule has 0 aromatic carbocycles. The van der Waals surface area contributed by atoms with Crippen molar-refractivity contribution in [2.24, 2.45) is 0 Å². The Morgan fingerprint density at radius 1 is 1.10 bits per heavy atom. The van der Waals surface area contributed by atoms with Gasteiger partial charge in [-0.2, -0.15) is 0 Å². The lowest BCUT2D eigenvalue weighted by Crippen LogP contribution is -1.98. The van der Waals surface area contributed by atoms with Crippen LogP contribution in [0.3, 0.4) is 0 Å². The highest BCUT2D eigenvalue weighted by Gasteiger charge is 2.12. The number of alkyl halides is 1. The van der Waals surface area contributed by atoms with Gasteiger partial charge in [0.1, 0.15) is 0 Å². The fourth-order valence-corrected chi connectivity index (χ4v) is 3.21. The van der Waals surface area contributed by atoms with Crippen LogP contribution >= 0.6 is 23.4 Å². The summed E-state index contributed by atoms with van der Waals surface area (Å²) >= 11 is 7.57. The van der Waals surface area contributed by atoms with E-state index < -0.39 is 0 Å². The van der Waals surface area contributed by atoms with Gasteiger partial charge in [-0.3, -0.25) is 9.97 Å². The molecule has 0 saturated carbocycles. The average molecular weight is 325 g/mol. The molecule has 21 heavy (non-hydrogen) atoms. The molecule has 0 unspecified atom stereocenters. The van der Waals surface area contributed by atoms with Crippen molar-refractivity contribution in [3.8, 4) is 11.5 Å². The molecule has 0 fully saturated rings. The maximum Gasteiger partial charge on any atom is 0.183 e. The molecule has 2 aromatic rings. The first-order valence-corrected chi connectivity index (χ1v) is 7.92. The summed E-state index contributed by atoms with van der Waals surface area (Å²) < 4.78 is 10.7. The van der Waals surface area contributed by atoms with E-state index in [2.05, 4.69) is 9.97 Å². The van der Waals surface area contributed by atoms with E-state index in [4.69, 9.17) is 21.1 Å². The Bertz CT molecular complexity index is 623. The van der Waals surface area contributed by atoms with Gasteiger partial charge in [-0.25, -0.2) is 0 Å². The Labute approximate surface area is 133 Å². The molecular weight excluding hydrogens is 308 g/mol. The number of hydrogen-bond donors (Lipinski definition) is 0. The lowest BCUT2D eigenvalue weighted by Gasteiger charge is -2.12. The van der Waals surface area contributed by atoms with Crippen molar-refractivity contribution in [1.82, 2.24) is 9.97 Å². The van der Waals surface area contributed by atoms with Crippen molar-refractivity contribution in [3.63, 3.8) is 0 Å². The van der Waals surface area contributed by atoms with Crippen LogP contribution < -0.4 is 9.47 Å². The highest BCUT2D eigenvalue weighted by Crippen LogP contribution is 2.34. The van der Waals surface area contributed by atoms with Crippen molar-refractivity contribution in [2.75, 3.05) is 14.2 Å². The fraction of sp³-hybridized carbons (Fsp3) is 0.333. The van der Waals surface area contributed by atoms with E-state index in [0.29, 0.717) is 23.1 Å². The molecule has 2 rings (SSSR count). The number of nitrogens with zero attached hydrogens (tertiary/aromatic N) is 2. The Morgan fingerprint density at radius 3 is 2.48 bits per heavy atom. The summed E-state index contributed by atoms with van der Waals surface area (Å²) in [6.45, 7) is 2.03. The van der Waals surface area contributed by atoms with Crippen molar-refractivity contribution in [2.45, 2.75) is 23.5 Å². The lowest BCUT2D eigenvalue weighted by molar-refractivity contribution is 0.350. The monoisotopic (exact) mass is 324 g/mol. The smallest absolute Gasteiger partial charge is 0.183 e. The summed E-state index contributed by atoms with van der Waals surface area (Å²) in [5.74, 6) is 2.47. The Balaban J connectivity index is 2.21. The number of pyridine rings is 2. The quantitative estimate of drug-likeness (QED) is 0.597. The molecule has 0 spiro atoms. The molecule has 0 bridgehead atoms. The van der Waals surface area contributed by atoms with Gasteiger partial charge < -0.3 is 9.47 Å². The van der Waals surface area contributed by atoms with E-state index in [1.165, 1.54) is 0 Å². The third kappa shape index (κ3) is 3.60. The van der Waals surface area contributed by atoms with E-state index in [1.807, 2.05) is 13.0 Å². The van der Waals surface area contributed by atoms with Crippen molar-refractivity contribution in [3.05, 3.63) is 41.5 Å². The summed E-state index contributed by atoms with van der Waals surface area (Å²) in [6.07, 6.45) is 3.50. The van der Waals surface area contributed by atoms with Gasteiger partial charge in [0, 0.05) is 29.1 Å². The molecule has 0 aliphatic carbocycles. The molecule has 112 valence electrons. The third-order valence-electron chi connectivity index (χ3n) is 3.12. The van der Waals surface area contributed by atoms with Crippen molar-refractivity contribution in [1.29, 1.82) is 0 Å². The van der Waals surface area contributed by atoms with Gasteiger partial charge in [0.2, 0.25) is 0 Å². The van der Waals surface area contributed by atoms with Crippen LogP contribution in [0.2, 0.25) is 0 Å². The standard InChI is InChI=1S/C15H17ClN2O2S/c1-10-11(8-16)17-7-5-14(10)21-9-12-15(20-3)13(19-2)4-6-18-12/h4-7H,8-9H2,1-3H3. The predicted octanol–water partition coefficient (Wildman–Crippen LogP) is 3.83. The summed E-state index contributed by atoms with van der Waals surface area (Å²) in [4.78, 5) is 9.79. The minimum absolute atomic E-state index is 0.418. The molecule has 0 amide bonds. The second-order valence-corrected chi connectivity index (χ2v) is 5.58. The lowest BCUT2D eigenvalue weighted by atomic mass is 10.2. The first-order valence-electron chi connectivity index (χ1n) is 6.40. The molecule has 4 nitrogen and oxygen atoms in total. The number of aromatic nitrogens is 2. The molecule has 2 heterocycles. The van der Waals surface area contributed by atoms with E-state index in [-0.39, 0.29) is 0 Å². The second-order valence-electron chi connectivity index (χ2n) is 4.30. The number of rotatable bonds is 6. The van der Waals surface area contributed by atoms with Crippen LogP contribution in [0.25, 0.3) is 0 Å². The zero-order chi connectivity index (χ0) is 15.2. The highest BCUT2D eigenvalue weighted by atomic mass is 35.5. The number of hydrogen-bond acceptors (Lipinski definition) is 5. The molecule has 0 saturated heterocycles. The fourth-order valence-electron chi connectivity index (χ4n) is 1.95. The third-order valence-corrected chi connectivity index (χ3v) is 4.54. The largest absolute Gasteiger partial charge is 0.493 e. The maximum absolute atomic E-state index is 5.89. The van der Waals surface area contributed by atoms with E-state index in [9.17, 15) is 0 Å². The maximum atomic E-state index is 5.89. The topological polar surface area (TPSA) is 44.2 Å². The van der Waals surface area contributed by atoms with Gasteiger partial charge in [-0.1, -0.05) is 0 Å². The zero-order valence-corrected chi connectivity index (χ0v) is 13.8. The predicted molar refractivity (Wildman–Crippen MR) is 85.4 cm³/mol. The molecule has 0 aliphatic heterocycles. The van der Waals surface area contributed by atoms with E-state index in [0.717, 1.165) is 21.8 Å². The summed E-state index contributed by atoms with van der Waals surface area (Å²) in [6, 6.07) is 3.78. The number of halogens is 1. The Morgan fingerprint density at radius 2 is 1.81 bits per heavy atom. The van der Waals surface area contributed by atoms with E-state index in [1.54, 1.807) is 44.4 Å². The summed E-state index contributed by atoms with van der Waals surface area (Å²) in [5, 5.41) is 0. The normalized spacial score (nSPS) is 10.5. The zero-order valence-electron chi connectivity index (χ0n) is 12.2. The van der Waals surface area contributed by atoms with Crippen LogP contribution in [0.5, 0.6) is 11.5 Å². The number of ether oxygens (including phenoxy) is 2. The van der Waals surface area contributed by atoms with Gasteiger partial charge in [-0.15, -0.1) is 23.4 Å².